The van der Waals surface area contributed by atoms with Gasteiger partial charge in [0.2, 0.25) is 11.8 Å². The highest BCUT2D eigenvalue weighted by molar-refractivity contribution is 9.10. The van der Waals surface area contributed by atoms with E-state index < -0.39 is 0 Å². The number of ether oxygens (including phenoxy) is 2. The van der Waals surface area contributed by atoms with Crippen LogP contribution in [0.1, 0.15) is 44.7 Å². The molecule has 0 unspecified atom stereocenters. The number of amides is 2. The van der Waals surface area contributed by atoms with E-state index in [2.05, 4.69) is 31.8 Å². The lowest BCUT2D eigenvalue weighted by atomic mass is 10.2. The van der Waals surface area contributed by atoms with Crippen LogP contribution in [0.2, 0.25) is 0 Å². The van der Waals surface area contributed by atoms with E-state index in [1.165, 1.54) is 6.21 Å². The van der Waals surface area contributed by atoms with Gasteiger partial charge >= 0.3 is 0 Å². The third kappa shape index (κ3) is 8.41. The number of rotatable bonds is 10. The molecular weight excluding hydrogens is 462 g/mol. The molecule has 2 amide bonds. The van der Waals surface area contributed by atoms with Crippen molar-refractivity contribution in [2.24, 2.45) is 5.10 Å². The Morgan fingerprint density at radius 3 is 2.45 bits per heavy atom. The van der Waals surface area contributed by atoms with Crippen molar-refractivity contribution in [3.05, 3.63) is 52.0 Å². The fourth-order valence-corrected chi connectivity index (χ4v) is 3.15. The molecule has 0 radical (unpaired) electrons. The highest BCUT2D eigenvalue weighted by Gasteiger charge is 2.13. The zero-order chi connectivity index (χ0) is 22.8. The number of benzene rings is 2. The SMILES string of the molecule is CCOc1cc(C=NNC(=O)CCC(=O)Nc2ccc(C)cc2)cc(Br)c1OC(C)C. The molecule has 2 aromatic carbocycles. The molecule has 7 nitrogen and oxygen atoms in total. The summed E-state index contributed by atoms with van der Waals surface area (Å²) in [6.45, 7) is 8.23. The number of hydrazone groups is 1. The van der Waals surface area contributed by atoms with Gasteiger partial charge in [0, 0.05) is 18.5 Å². The lowest BCUT2D eigenvalue weighted by Crippen LogP contribution is -2.20. The molecule has 166 valence electrons. The first-order valence-electron chi connectivity index (χ1n) is 10.1. The topological polar surface area (TPSA) is 89.0 Å². The first kappa shape index (κ1) is 24.4. The zero-order valence-electron chi connectivity index (χ0n) is 18.2. The molecule has 0 atom stereocenters. The molecule has 31 heavy (non-hydrogen) atoms. The maximum absolute atomic E-state index is 12.0. The predicted molar refractivity (Wildman–Crippen MR) is 126 cm³/mol. The van der Waals surface area contributed by atoms with Gasteiger partial charge in [-0.05, 0) is 73.5 Å². The number of nitrogens with one attached hydrogen (secondary N) is 2. The quantitative estimate of drug-likeness (QED) is 0.370. The van der Waals surface area contributed by atoms with Crippen molar-refractivity contribution in [2.45, 2.75) is 46.6 Å². The third-order valence-electron chi connectivity index (χ3n) is 4.00. The van der Waals surface area contributed by atoms with E-state index in [0.717, 1.165) is 15.6 Å². The average Bonchev–Trinajstić information content (AvgIpc) is 2.71. The van der Waals surface area contributed by atoms with E-state index in [0.29, 0.717) is 23.8 Å². The van der Waals surface area contributed by atoms with E-state index in [1.807, 2.05) is 58.0 Å². The van der Waals surface area contributed by atoms with Crippen LogP contribution in [0, 0.1) is 6.92 Å². The number of anilines is 1. The molecule has 0 spiro atoms. The molecule has 0 aliphatic rings. The second kappa shape index (κ2) is 12.1. The van der Waals surface area contributed by atoms with Gasteiger partial charge in [0.15, 0.2) is 11.5 Å². The van der Waals surface area contributed by atoms with Gasteiger partial charge in [-0.3, -0.25) is 9.59 Å². The van der Waals surface area contributed by atoms with Gasteiger partial charge in [0.25, 0.3) is 0 Å². The van der Waals surface area contributed by atoms with Crippen molar-refractivity contribution >= 4 is 39.6 Å². The Balaban J connectivity index is 1.88. The number of hydrogen-bond donors (Lipinski definition) is 2. The Labute approximate surface area is 191 Å². The number of aryl methyl sites for hydroxylation is 1. The molecular formula is C23H28BrN3O4. The van der Waals surface area contributed by atoms with Crippen LogP contribution in [0.25, 0.3) is 0 Å². The highest BCUT2D eigenvalue weighted by atomic mass is 79.9. The fraction of sp³-hybridized carbons (Fsp3) is 0.348. The largest absolute Gasteiger partial charge is 0.490 e. The lowest BCUT2D eigenvalue weighted by molar-refractivity contribution is -0.124. The van der Waals surface area contributed by atoms with Crippen LogP contribution >= 0.6 is 15.9 Å². The van der Waals surface area contributed by atoms with Crippen molar-refractivity contribution in [1.29, 1.82) is 0 Å². The summed E-state index contributed by atoms with van der Waals surface area (Å²) in [6, 6.07) is 11.1. The summed E-state index contributed by atoms with van der Waals surface area (Å²) in [4.78, 5) is 24.0. The van der Waals surface area contributed by atoms with Gasteiger partial charge in [-0.1, -0.05) is 17.7 Å². The standard InChI is InChI=1S/C23H28BrN3O4/c1-5-30-20-13-17(12-19(24)23(20)31-15(2)3)14-25-27-22(29)11-10-21(28)26-18-8-6-16(4)7-9-18/h6-9,12-15H,5,10-11H2,1-4H3,(H,26,28)(H,27,29). The maximum Gasteiger partial charge on any atom is 0.240 e. The van der Waals surface area contributed by atoms with Crippen molar-refractivity contribution in [2.75, 3.05) is 11.9 Å². The van der Waals surface area contributed by atoms with Crippen LogP contribution in [-0.2, 0) is 9.59 Å². The summed E-state index contributed by atoms with van der Waals surface area (Å²) in [5.41, 5.74) is 4.98. The second-order valence-corrected chi connectivity index (χ2v) is 7.99. The average molecular weight is 490 g/mol. The summed E-state index contributed by atoms with van der Waals surface area (Å²) in [5, 5.41) is 6.73. The van der Waals surface area contributed by atoms with E-state index in [-0.39, 0.29) is 30.8 Å². The number of carbonyl (C=O) groups is 2. The van der Waals surface area contributed by atoms with Crippen LogP contribution in [0.4, 0.5) is 5.69 Å². The molecule has 0 saturated carbocycles. The molecule has 0 aliphatic heterocycles. The van der Waals surface area contributed by atoms with Gasteiger partial charge in [0.05, 0.1) is 23.4 Å². The fourth-order valence-electron chi connectivity index (χ4n) is 2.60. The summed E-state index contributed by atoms with van der Waals surface area (Å²) >= 11 is 3.49. The number of hydrogen-bond acceptors (Lipinski definition) is 5. The Morgan fingerprint density at radius 2 is 1.81 bits per heavy atom. The summed E-state index contributed by atoms with van der Waals surface area (Å²) < 4.78 is 12.2. The van der Waals surface area contributed by atoms with Gasteiger partial charge in [-0.25, -0.2) is 5.43 Å². The molecule has 2 rings (SSSR count). The van der Waals surface area contributed by atoms with Crippen LogP contribution in [0.15, 0.2) is 46.0 Å². The Morgan fingerprint density at radius 1 is 1.13 bits per heavy atom. The summed E-state index contributed by atoms with van der Waals surface area (Å²) in [6.07, 6.45) is 1.61. The Bertz CT molecular complexity index is 927. The molecule has 2 aromatic rings. The van der Waals surface area contributed by atoms with E-state index in [9.17, 15) is 9.59 Å². The predicted octanol–water partition coefficient (Wildman–Crippen LogP) is 4.81. The smallest absolute Gasteiger partial charge is 0.240 e. The molecule has 8 heteroatoms. The Kier molecular flexibility index (Phi) is 9.52. The first-order chi connectivity index (χ1) is 14.8. The van der Waals surface area contributed by atoms with Crippen LogP contribution in [0.3, 0.4) is 0 Å². The summed E-state index contributed by atoms with van der Waals surface area (Å²) in [7, 11) is 0. The van der Waals surface area contributed by atoms with E-state index >= 15 is 0 Å². The van der Waals surface area contributed by atoms with E-state index in [1.54, 1.807) is 6.07 Å². The maximum atomic E-state index is 12.0. The minimum absolute atomic E-state index is 0.00230. The van der Waals surface area contributed by atoms with Crippen molar-refractivity contribution < 1.29 is 19.1 Å². The monoisotopic (exact) mass is 489 g/mol. The minimum atomic E-state index is -0.348. The molecule has 0 aliphatic carbocycles. The van der Waals surface area contributed by atoms with E-state index in [4.69, 9.17) is 9.47 Å². The minimum Gasteiger partial charge on any atom is -0.490 e. The first-order valence-corrected chi connectivity index (χ1v) is 10.9. The lowest BCUT2D eigenvalue weighted by Gasteiger charge is -2.16. The number of carbonyl (C=O) groups excluding carboxylic acids is 2. The molecule has 0 aromatic heterocycles. The molecule has 2 N–H and O–H groups in total. The molecule has 0 bridgehead atoms. The van der Waals surface area contributed by atoms with Crippen LogP contribution < -0.4 is 20.2 Å². The van der Waals surface area contributed by atoms with Gasteiger partial charge in [-0.15, -0.1) is 0 Å². The van der Waals surface area contributed by atoms with Crippen LogP contribution in [-0.4, -0.2) is 30.7 Å². The third-order valence-corrected chi connectivity index (χ3v) is 4.59. The number of nitrogens with zero attached hydrogens (tertiary/aromatic N) is 1. The number of halogens is 1. The van der Waals surface area contributed by atoms with Gasteiger partial charge in [0.1, 0.15) is 0 Å². The van der Waals surface area contributed by atoms with Crippen LogP contribution in [0.5, 0.6) is 11.5 Å². The zero-order valence-corrected chi connectivity index (χ0v) is 19.8. The van der Waals surface area contributed by atoms with Gasteiger partial charge < -0.3 is 14.8 Å². The van der Waals surface area contributed by atoms with Crippen molar-refractivity contribution in [3.8, 4) is 11.5 Å². The molecule has 0 saturated heterocycles. The molecule has 0 heterocycles. The normalized spacial score (nSPS) is 10.9. The second-order valence-electron chi connectivity index (χ2n) is 7.14. The summed E-state index contributed by atoms with van der Waals surface area (Å²) in [5.74, 6) is 0.636. The van der Waals surface area contributed by atoms with Crippen molar-refractivity contribution in [1.82, 2.24) is 5.43 Å². The van der Waals surface area contributed by atoms with Crippen molar-refractivity contribution in [3.63, 3.8) is 0 Å². The Hall–Kier alpha value is -2.87. The van der Waals surface area contributed by atoms with Gasteiger partial charge in [-0.2, -0.15) is 5.10 Å². The highest BCUT2D eigenvalue weighted by Crippen LogP contribution is 2.37. The molecule has 0 fully saturated rings.